The zero-order chi connectivity index (χ0) is 37.7. The van der Waals surface area contributed by atoms with Crippen molar-refractivity contribution in [1.82, 2.24) is 10.6 Å². The molecule has 282 valence electrons. The Morgan fingerprint density at radius 1 is 0.706 bits per heavy atom. The summed E-state index contributed by atoms with van der Waals surface area (Å²) in [7, 11) is 0. The summed E-state index contributed by atoms with van der Waals surface area (Å²) >= 11 is 0. The van der Waals surface area contributed by atoms with Crippen molar-refractivity contribution < 1.29 is 18.0 Å². The second-order valence-electron chi connectivity index (χ2n) is 13.9. The molecule has 0 heterocycles. The third-order valence-electron chi connectivity index (χ3n) is 9.80. The highest BCUT2D eigenvalue weighted by Gasteiger charge is 2.45. The van der Waals surface area contributed by atoms with Gasteiger partial charge in [-0.25, -0.2) is 0 Å². The second kappa shape index (κ2) is 23.1. The van der Waals surface area contributed by atoms with E-state index >= 15 is 0 Å². The first-order valence-corrected chi connectivity index (χ1v) is 19.5. The number of allylic oxidation sites excluding steroid dienone is 1. The van der Waals surface area contributed by atoms with Crippen molar-refractivity contribution in [2.45, 2.75) is 143 Å². The van der Waals surface area contributed by atoms with Crippen molar-refractivity contribution in [3.8, 4) is 11.1 Å². The van der Waals surface area contributed by atoms with Crippen LogP contribution in [0.15, 0.2) is 91.1 Å². The van der Waals surface area contributed by atoms with Crippen LogP contribution in [0.2, 0.25) is 0 Å². The van der Waals surface area contributed by atoms with Crippen molar-refractivity contribution in [3.63, 3.8) is 0 Å². The van der Waals surface area contributed by atoms with Gasteiger partial charge in [0.1, 0.15) is 6.54 Å². The van der Waals surface area contributed by atoms with Crippen molar-refractivity contribution in [2.24, 2.45) is 5.92 Å². The minimum atomic E-state index is -4.27. The van der Waals surface area contributed by atoms with E-state index in [1.807, 2.05) is 54.6 Å². The fourth-order valence-corrected chi connectivity index (χ4v) is 6.94. The molecule has 1 unspecified atom stereocenters. The van der Waals surface area contributed by atoms with Gasteiger partial charge in [0.15, 0.2) is 0 Å². The lowest BCUT2D eigenvalue weighted by Crippen LogP contribution is -2.39. The molecular weight excluding hydrogens is 642 g/mol. The van der Waals surface area contributed by atoms with Crippen LogP contribution in [0, 0.1) is 5.92 Å². The van der Waals surface area contributed by atoms with Crippen LogP contribution in [0.1, 0.15) is 135 Å². The van der Waals surface area contributed by atoms with E-state index < -0.39 is 18.1 Å². The quantitative estimate of drug-likeness (QED) is 0.129. The van der Waals surface area contributed by atoms with Gasteiger partial charge in [0.05, 0.1) is 5.41 Å². The van der Waals surface area contributed by atoms with Crippen molar-refractivity contribution in [2.75, 3.05) is 6.54 Å². The van der Waals surface area contributed by atoms with Crippen LogP contribution in [-0.4, -0.2) is 24.7 Å². The summed E-state index contributed by atoms with van der Waals surface area (Å²) in [5, 5.41) is 5.80. The van der Waals surface area contributed by atoms with E-state index in [-0.39, 0.29) is 11.8 Å². The molecule has 0 saturated heterocycles. The molecule has 1 aliphatic carbocycles. The molecule has 3 aromatic rings. The standard InChI is InChI=1S/C22H24F3N.C15H31NO.C8H10/c1-3-4-9-14-21(16(2)26-15-22(23,24)25)19-12-7-5-10-17(19)18-11-6-8-13-20(18)21;1-5-8-9-12-13(4)15(17)16-14(10-6-2)11-7-3;1-2-8-6-4-3-5-7-8/h5-8,10-13,26H,2-4,9,14-15H2,1H3;13-14H,5-12H2,1-4H3,(H,16,17);3-7H,2H2,1H3. The summed E-state index contributed by atoms with van der Waals surface area (Å²) in [6, 6.07) is 26.9. The molecule has 0 spiro atoms. The van der Waals surface area contributed by atoms with E-state index in [9.17, 15) is 18.0 Å². The average Bonchev–Trinajstić information content (AvgIpc) is 3.42. The molecule has 0 saturated carbocycles. The van der Waals surface area contributed by atoms with E-state index in [4.69, 9.17) is 0 Å². The molecule has 4 rings (SSSR count). The topological polar surface area (TPSA) is 41.1 Å². The van der Waals surface area contributed by atoms with Crippen LogP contribution in [0.5, 0.6) is 0 Å². The number of nitrogens with one attached hydrogen (secondary N) is 2. The number of hydrogen-bond donors (Lipinski definition) is 2. The maximum atomic E-state index is 12.8. The smallest absolute Gasteiger partial charge is 0.379 e. The van der Waals surface area contributed by atoms with Gasteiger partial charge in [0.2, 0.25) is 5.91 Å². The van der Waals surface area contributed by atoms with Crippen molar-refractivity contribution >= 4 is 5.91 Å². The molecular formula is C45H65F3N2O. The van der Waals surface area contributed by atoms with Crippen molar-refractivity contribution in [1.29, 1.82) is 0 Å². The Labute approximate surface area is 307 Å². The minimum Gasteiger partial charge on any atom is -0.379 e. The van der Waals surface area contributed by atoms with Gasteiger partial charge in [-0.2, -0.15) is 13.2 Å². The number of carbonyl (C=O) groups is 1. The summed E-state index contributed by atoms with van der Waals surface area (Å²) in [5.41, 5.74) is 5.52. The van der Waals surface area contributed by atoms with E-state index in [1.54, 1.807) is 0 Å². The molecule has 1 atom stereocenters. The normalized spacial score (nSPS) is 13.1. The number of carbonyl (C=O) groups excluding carboxylic acids is 1. The number of unbranched alkanes of at least 4 members (excludes halogenated alkanes) is 4. The van der Waals surface area contributed by atoms with E-state index in [1.165, 1.54) is 24.8 Å². The lowest BCUT2D eigenvalue weighted by atomic mass is 9.72. The first kappa shape index (κ1) is 43.6. The van der Waals surface area contributed by atoms with E-state index in [0.29, 0.717) is 11.7 Å². The van der Waals surface area contributed by atoms with Gasteiger partial charge in [-0.3, -0.25) is 4.79 Å². The number of rotatable bonds is 18. The summed E-state index contributed by atoms with van der Waals surface area (Å²) in [5.74, 6) is 0.436. The maximum Gasteiger partial charge on any atom is 0.405 e. The van der Waals surface area contributed by atoms with Crippen molar-refractivity contribution in [3.05, 3.63) is 108 Å². The maximum absolute atomic E-state index is 12.8. The van der Waals surface area contributed by atoms with Crippen LogP contribution >= 0.6 is 0 Å². The Balaban J connectivity index is 0.000000308. The first-order chi connectivity index (χ1) is 24.5. The van der Waals surface area contributed by atoms with Crippen LogP contribution < -0.4 is 10.6 Å². The molecule has 0 fully saturated rings. The predicted octanol–water partition coefficient (Wildman–Crippen LogP) is 12.7. The zero-order valence-electron chi connectivity index (χ0n) is 32.3. The largest absolute Gasteiger partial charge is 0.405 e. The highest BCUT2D eigenvalue weighted by atomic mass is 19.4. The van der Waals surface area contributed by atoms with Crippen LogP contribution in [0.4, 0.5) is 13.2 Å². The van der Waals surface area contributed by atoms with Gasteiger partial charge in [0, 0.05) is 17.7 Å². The Morgan fingerprint density at radius 3 is 1.69 bits per heavy atom. The SMILES string of the molecule is C=C(NCC(F)(F)F)C1(CCCCC)c2ccccc2-c2ccccc21.CCCCCC(C)C(=O)NC(CCC)CCC.CCc1ccccc1. The molecule has 51 heavy (non-hydrogen) atoms. The zero-order valence-corrected chi connectivity index (χ0v) is 32.3. The fourth-order valence-electron chi connectivity index (χ4n) is 6.94. The third-order valence-corrected chi connectivity index (χ3v) is 9.80. The molecule has 3 nitrogen and oxygen atoms in total. The summed E-state index contributed by atoms with van der Waals surface area (Å²) in [6.07, 6.45) is 9.85. The number of hydrogen-bond acceptors (Lipinski definition) is 2. The molecule has 3 aromatic carbocycles. The predicted molar refractivity (Wildman–Crippen MR) is 211 cm³/mol. The van der Waals surface area contributed by atoms with Crippen LogP contribution in [0.25, 0.3) is 11.1 Å². The van der Waals surface area contributed by atoms with Gasteiger partial charge >= 0.3 is 6.18 Å². The fraction of sp³-hybridized carbons (Fsp3) is 0.533. The molecule has 0 bridgehead atoms. The number of benzene rings is 3. The molecule has 1 amide bonds. The number of halogens is 3. The summed E-state index contributed by atoms with van der Waals surface area (Å²) in [6.45, 7) is 15.9. The first-order valence-electron chi connectivity index (χ1n) is 19.5. The lowest BCUT2D eigenvalue weighted by Gasteiger charge is -2.35. The summed E-state index contributed by atoms with van der Waals surface area (Å²) in [4.78, 5) is 12.0. The average molecular weight is 707 g/mol. The van der Waals surface area contributed by atoms with Gasteiger partial charge in [-0.15, -0.1) is 0 Å². The third kappa shape index (κ3) is 13.8. The second-order valence-corrected chi connectivity index (χ2v) is 13.9. The lowest BCUT2D eigenvalue weighted by molar-refractivity contribution is -0.125. The van der Waals surface area contributed by atoms with Crippen LogP contribution in [-0.2, 0) is 16.6 Å². The molecule has 0 aromatic heterocycles. The number of alkyl halides is 3. The van der Waals surface area contributed by atoms with Crippen LogP contribution in [0.3, 0.4) is 0 Å². The van der Waals surface area contributed by atoms with Gasteiger partial charge in [-0.1, -0.05) is 178 Å². The Hall–Kier alpha value is -3.54. The Kier molecular flexibility index (Phi) is 19.8. The monoisotopic (exact) mass is 707 g/mol. The molecule has 0 aliphatic heterocycles. The highest BCUT2D eigenvalue weighted by molar-refractivity contribution is 5.83. The summed E-state index contributed by atoms with van der Waals surface area (Å²) < 4.78 is 38.5. The highest BCUT2D eigenvalue weighted by Crippen LogP contribution is 2.54. The van der Waals surface area contributed by atoms with Gasteiger partial charge < -0.3 is 10.6 Å². The minimum absolute atomic E-state index is 0.178. The molecule has 1 aliphatic rings. The Morgan fingerprint density at radius 2 is 1.22 bits per heavy atom. The number of fused-ring (bicyclic) bond motifs is 3. The Bertz CT molecular complexity index is 1370. The number of amides is 1. The van der Waals surface area contributed by atoms with Gasteiger partial charge in [-0.05, 0) is 59.9 Å². The van der Waals surface area contributed by atoms with E-state index in [0.717, 1.165) is 86.5 Å². The molecule has 0 radical (unpaired) electrons. The van der Waals surface area contributed by atoms with Gasteiger partial charge in [0.25, 0.3) is 0 Å². The number of aryl methyl sites for hydroxylation is 1. The molecule has 2 N–H and O–H groups in total. The van der Waals surface area contributed by atoms with E-state index in [2.05, 4.69) is 83.0 Å². The molecule has 6 heteroatoms.